The highest BCUT2D eigenvalue weighted by Gasteiger charge is 2.14. The average molecular weight is 254 g/mol. The first-order valence-electron chi connectivity index (χ1n) is 4.69. The lowest BCUT2D eigenvalue weighted by atomic mass is 10.2. The molecule has 0 radical (unpaired) electrons. The van der Waals surface area contributed by atoms with Crippen molar-refractivity contribution < 1.29 is 4.92 Å². The van der Waals surface area contributed by atoms with Gasteiger partial charge in [-0.05, 0) is 12.1 Å². The molecule has 0 aliphatic rings. The fourth-order valence-corrected chi connectivity index (χ4v) is 1.47. The Labute approximate surface area is 101 Å². The summed E-state index contributed by atoms with van der Waals surface area (Å²) in [6.07, 6.45) is 1.37. The summed E-state index contributed by atoms with van der Waals surface area (Å²) in [4.78, 5) is 14.2. The van der Waals surface area contributed by atoms with E-state index in [2.05, 4.69) is 20.5 Å². The van der Waals surface area contributed by atoms with Gasteiger partial charge in [0, 0.05) is 11.1 Å². The fourth-order valence-electron chi connectivity index (χ4n) is 1.30. The van der Waals surface area contributed by atoms with Crippen molar-refractivity contribution in [1.29, 1.82) is 0 Å². The number of H-pyrrole nitrogens is 1. The van der Waals surface area contributed by atoms with Gasteiger partial charge in [0.25, 0.3) is 5.69 Å². The molecule has 88 valence electrons. The third-order valence-corrected chi connectivity index (χ3v) is 2.30. The Hall–Kier alpha value is -2.15. The summed E-state index contributed by atoms with van der Waals surface area (Å²) in [6, 6.07) is 4.43. The summed E-state index contributed by atoms with van der Waals surface area (Å²) in [5.41, 5.74) is 0.313. The summed E-state index contributed by atoms with van der Waals surface area (Å²) < 4.78 is 0. The van der Waals surface area contributed by atoms with E-state index in [1.54, 1.807) is 12.1 Å². The molecule has 1 heterocycles. The maximum atomic E-state index is 10.8. The summed E-state index contributed by atoms with van der Waals surface area (Å²) in [6.45, 7) is 0.322. The number of anilines is 1. The smallest absolute Gasteiger partial charge is 0.293 e. The first-order valence-corrected chi connectivity index (χ1v) is 5.06. The second-order valence-corrected chi connectivity index (χ2v) is 3.64. The summed E-state index contributed by atoms with van der Waals surface area (Å²) in [7, 11) is 0. The molecule has 1 aromatic heterocycles. The molecule has 8 heteroatoms. The standard InChI is InChI=1S/C9H8ClN5O2/c10-6-1-2-7(8(3-6)15(16)17)11-4-9-12-5-13-14-9/h1-3,5,11H,4H2,(H,12,13,14). The number of nitro benzene ring substituents is 1. The number of nitro groups is 1. The van der Waals surface area contributed by atoms with Gasteiger partial charge in [-0.3, -0.25) is 15.2 Å². The van der Waals surface area contributed by atoms with Gasteiger partial charge < -0.3 is 5.32 Å². The Kier molecular flexibility index (Phi) is 3.20. The quantitative estimate of drug-likeness (QED) is 0.641. The minimum atomic E-state index is -0.491. The Morgan fingerprint density at radius 3 is 3.00 bits per heavy atom. The number of aromatic amines is 1. The zero-order chi connectivity index (χ0) is 12.3. The normalized spacial score (nSPS) is 10.2. The highest BCUT2D eigenvalue weighted by Crippen LogP contribution is 2.27. The summed E-state index contributed by atoms with van der Waals surface area (Å²) in [5.74, 6) is 0.592. The molecular formula is C9H8ClN5O2. The fraction of sp³-hybridized carbons (Fsp3) is 0.111. The molecule has 0 fully saturated rings. The van der Waals surface area contributed by atoms with E-state index >= 15 is 0 Å². The predicted molar refractivity (Wildman–Crippen MR) is 61.8 cm³/mol. The molecule has 0 amide bonds. The number of rotatable bonds is 4. The lowest BCUT2D eigenvalue weighted by Crippen LogP contribution is -2.04. The van der Waals surface area contributed by atoms with Gasteiger partial charge in [0.1, 0.15) is 17.8 Å². The van der Waals surface area contributed by atoms with Crippen LogP contribution >= 0.6 is 11.6 Å². The lowest BCUT2D eigenvalue weighted by Gasteiger charge is -2.05. The van der Waals surface area contributed by atoms with E-state index in [0.717, 1.165) is 0 Å². The Morgan fingerprint density at radius 2 is 2.35 bits per heavy atom. The van der Waals surface area contributed by atoms with Gasteiger partial charge >= 0.3 is 0 Å². The van der Waals surface area contributed by atoms with E-state index < -0.39 is 4.92 Å². The van der Waals surface area contributed by atoms with Crippen LogP contribution in [0.5, 0.6) is 0 Å². The third kappa shape index (κ3) is 2.70. The SMILES string of the molecule is O=[N+]([O-])c1cc(Cl)ccc1NCc1ncn[nH]1. The molecule has 0 saturated carbocycles. The average Bonchev–Trinajstić information content (AvgIpc) is 2.80. The topological polar surface area (TPSA) is 96.7 Å². The van der Waals surface area contributed by atoms with Crippen LogP contribution in [0.15, 0.2) is 24.5 Å². The summed E-state index contributed by atoms with van der Waals surface area (Å²) in [5, 5.41) is 20.3. The molecule has 0 aliphatic heterocycles. The van der Waals surface area contributed by atoms with Gasteiger partial charge in [-0.1, -0.05) is 11.6 Å². The number of halogens is 1. The van der Waals surface area contributed by atoms with Crippen molar-refractivity contribution in [2.45, 2.75) is 6.54 Å². The molecule has 1 aromatic carbocycles. The molecular weight excluding hydrogens is 246 g/mol. The van der Waals surface area contributed by atoms with Crippen molar-refractivity contribution in [3.8, 4) is 0 Å². The van der Waals surface area contributed by atoms with Gasteiger partial charge in [-0.25, -0.2) is 4.98 Å². The van der Waals surface area contributed by atoms with Crippen LogP contribution in [0.4, 0.5) is 11.4 Å². The number of nitrogens with zero attached hydrogens (tertiary/aromatic N) is 3. The van der Waals surface area contributed by atoms with Crippen LogP contribution in [0.25, 0.3) is 0 Å². The van der Waals surface area contributed by atoms with Crippen LogP contribution in [0, 0.1) is 10.1 Å². The lowest BCUT2D eigenvalue weighted by molar-refractivity contribution is -0.383. The van der Waals surface area contributed by atoms with Gasteiger partial charge in [0.2, 0.25) is 0 Å². The second-order valence-electron chi connectivity index (χ2n) is 3.20. The molecule has 0 spiro atoms. The van der Waals surface area contributed by atoms with E-state index in [-0.39, 0.29) is 5.69 Å². The molecule has 0 aliphatic carbocycles. The third-order valence-electron chi connectivity index (χ3n) is 2.07. The van der Waals surface area contributed by atoms with E-state index in [1.165, 1.54) is 12.4 Å². The Balaban J connectivity index is 2.17. The van der Waals surface area contributed by atoms with Gasteiger partial charge in [-0.15, -0.1) is 0 Å². The van der Waals surface area contributed by atoms with E-state index in [0.29, 0.717) is 23.1 Å². The number of hydrogen-bond acceptors (Lipinski definition) is 5. The zero-order valence-electron chi connectivity index (χ0n) is 8.55. The Morgan fingerprint density at radius 1 is 1.53 bits per heavy atom. The molecule has 0 saturated heterocycles. The molecule has 0 atom stereocenters. The van der Waals surface area contributed by atoms with Crippen LogP contribution in [-0.4, -0.2) is 20.1 Å². The number of nitrogens with one attached hydrogen (secondary N) is 2. The highest BCUT2D eigenvalue weighted by atomic mass is 35.5. The minimum absolute atomic E-state index is 0.0722. The van der Waals surface area contributed by atoms with Gasteiger partial charge in [-0.2, -0.15) is 5.10 Å². The van der Waals surface area contributed by atoms with Crippen molar-refractivity contribution in [3.05, 3.63) is 45.5 Å². The highest BCUT2D eigenvalue weighted by molar-refractivity contribution is 6.30. The maximum absolute atomic E-state index is 10.8. The Bertz CT molecular complexity index is 528. The van der Waals surface area contributed by atoms with E-state index in [9.17, 15) is 10.1 Å². The zero-order valence-corrected chi connectivity index (χ0v) is 9.31. The van der Waals surface area contributed by atoms with Crippen molar-refractivity contribution in [2.75, 3.05) is 5.32 Å². The minimum Gasteiger partial charge on any atom is -0.372 e. The van der Waals surface area contributed by atoms with E-state index in [4.69, 9.17) is 11.6 Å². The number of hydrogen-bond donors (Lipinski definition) is 2. The summed E-state index contributed by atoms with van der Waals surface area (Å²) >= 11 is 5.70. The van der Waals surface area contributed by atoms with Crippen molar-refractivity contribution in [3.63, 3.8) is 0 Å². The van der Waals surface area contributed by atoms with Crippen LogP contribution in [-0.2, 0) is 6.54 Å². The van der Waals surface area contributed by atoms with Crippen molar-refractivity contribution >= 4 is 23.0 Å². The van der Waals surface area contributed by atoms with Crippen molar-refractivity contribution in [2.24, 2.45) is 0 Å². The predicted octanol–water partition coefficient (Wildman–Crippen LogP) is 1.98. The largest absolute Gasteiger partial charge is 0.372 e. The number of benzene rings is 1. The monoisotopic (exact) mass is 253 g/mol. The molecule has 7 nitrogen and oxygen atoms in total. The van der Waals surface area contributed by atoms with Crippen molar-refractivity contribution in [1.82, 2.24) is 15.2 Å². The van der Waals surface area contributed by atoms with Gasteiger partial charge in [0.15, 0.2) is 0 Å². The maximum Gasteiger partial charge on any atom is 0.293 e. The molecule has 2 rings (SSSR count). The molecule has 0 bridgehead atoms. The van der Waals surface area contributed by atoms with Crippen LogP contribution < -0.4 is 5.32 Å². The first-order chi connectivity index (χ1) is 8.16. The molecule has 0 unspecified atom stereocenters. The van der Waals surface area contributed by atoms with E-state index in [1.807, 2.05) is 0 Å². The second kappa shape index (κ2) is 4.79. The van der Waals surface area contributed by atoms with Crippen LogP contribution in [0.1, 0.15) is 5.82 Å². The molecule has 2 N–H and O–H groups in total. The number of aromatic nitrogens is 3. The van der Waals surface area contributed by atoms with Crippen LogP contribution in [0.3, 0.4) is 0 Å². The molecule has 2 aromatic rings. The van der Waals surface area contributed by atoms with Crippen LogP contribution in [0.2, 0.25) is 5.02 Å². The molecule has 17 heavy (non-hydrogen) atoms. The van der Waals surface area contributed by atoms with Gasteiger partial charge in [0.05, 0.1) is 11.5 Å². The first kappa shape index (κ1) is 11.3.